The van der Waals surface area contributed by atoms with Crippen LogP contribution in [0, 0.1) is 6.92 Å². The van der Waals surface area contributed by atoms with Gasteiger partial charge in [0.15, 0.2) is 6.10 Å². The fourth-order valence-corrected chi connectivity index (χ4v) is 2.15. The van der Waals surface area contributed by atoms with Gasteiger partial charge in [-0.2, -0.15) is 0 Å². The molecule has 1 atom stereocenters. The van der Waals surface area contributed by atoms with Crippen molar-refractivity contribution in [3.8, 4) is 0 Å². The predicted octanol–water partition coefficient (Wildman–Crippen LogP) is 4.34. The summed E-state index contributed by atoms with van der Waals surface area (Å²) in [6, 6.07) is 14.9. The first kappa shape index (κ1) is 17.9. The van der Waals surface area contributed by atoms with Gasteiger partial charge in [-0.3, -0.25) is 4.79 Å². The molecule has 0 aromatic heterocycles. The van der Waals surface area contributed by atoms with E-state index in [1.165, 1.54) is 13.0 Å². The van der Waals surface area contributed by atoms with Gasteiger partial charge in [0.1, 0.15) is 0 Å². The van der Waals surface area contributed by atoms with Gasteiger partial charge in [-0.15, -0.1) is 0 Å². The van der Waals surface area contributed by atoms with Crippen LogP contribution in [0.1, 0.15) is 18.1 Å². The van der Waals surface area contributed by atoms with Crippen LogP contribution in [0.15, 0.2) is 59.1 Å². The highest BCUT2D eigenvalue weighted by Gasteiger charge is 2.16. The van der Waals surface area contributed by atoms with Gasteiger partial charge in [0.05, 0.1) is 0 Å². The van der Waals surface area contributed by atoms with Crippen LogP contribution in [0.3, 0.4) is 0 Å². The van der Waals surface area contributed by atoms with Crippen LogP contribution in [-0.4, -0.2) is 18.0 Å². The zero-order valence-electron chi connectivity index (χ0n) is 13.5. The number of hydrogen-bond acceptors (Lipinski definition) is 3. The van der Waals surface area contributed by atoms with Crippen LogP contribution in [0.25, 0.3) is 6.08 Å². The van der Waals surface area contributed by atoms with Crippen molar-refractivity contribution < 1.29 is 14.3 Å². The molecule has 0 spiro atoms. The Balaban J connectivity index is 1.87. The molecule has 1 N–H and O–H groups in total. The minimum atomic E-state index is -0.881. The Kier molecular flexibility index (Phi) is 6.32. The molecule has 2 aromatic carbocycles. The summed E-state index contributed by atoms with van der Waals surface area (Å²) in [5.41, 5.74) is 2.64. The molecule has 4 nitrogen and oxygen atoms in total. The number of aryl methyl sites for hydroxylation is 1. The lowest BCUT2D eigenvalue weighted by Gasteiger charge is -2.12. The maximum absolute atomic E-state index is 12.0. The maximum Gasteiger partial charge on any atom is 0.331 e. The van der Waals surface area contributed by atoms with E-state index in [-0.39, 0.29) is 5.91 Å². The Morgan fingerprint density at radius 2 is 1.71 bits per heavy atom. The Morgan fingerprint density at radius 1 is 1.08 bits per heavy atom. The van der Waals surface area contributed by atoms with Crippen molar-refractivity contribution in [3.05, 3.63) is 70.2 Å². The number of carbonyl (C=O) groups excluding carboxylic acids is 2. The minimum absolute atomic E-state index is 0.371. The summed E-state index contributed by atoms with van der Waals surface area (Å²) >= 11 is 3.35. The molecular weight excluding hydrogens is 370 g/mol. The van der Waals surface area contributed by atoms with Crippen LogP contribution in [0.2, 0.25) is 0 Å². The van der Waals surface area contributed by atoms with Crippen LogP contribution in [-0.2, 0) is 14.3 Å². The number of halogens is 1. The van der Waals surface area contributed by atoms with Crippen molar-refractivity contribution in [2.24, 2.45) is 0 Å². The SMILES string of the molecule is Cc1ccc(NC(=O)[C@H](C)OC(=O)/C=C/c2ccc(Br)cc2)cc1. The topological polar surface area (TPSA) is 55.4 Å². The Morgan fingerprint density at radius 3 is 2.33 bits per heavy atom. The first-order valence-electron chi connectivity index (χ1n) is 7.46. The molecule has 1 amide bonds. The summed E-state index contributed by atoms with van der Waals surface area (Å²) in [4.78, 5) is 23.8. The lowest BCUT2D eigenvalue weighted by molar-refractivity contribution is -0.148. The highest BCUT2D eigenvalue weighted by atomic mass is 79.9. The number of benzene rings is 2. The van der Waals surface area contributed by atoms with E-state index in [1.54, 1.807) is 18.2 Å². The summed E-state index contributed by atoms with van der Waals surface area (Å²) in [6.07, 6.45) is 2.06. The van der Waals surface area contributed by atoms with Gasteiger partial charge in [0.2, 0.25) is 0 Å². The fourth-order valence-electron chi connectivity index (χ4n) is 1.89. The van der Waals surface area contributed by atoms with Gasteiger partial charge in [0, 0.05) is 16.2 Å². The Bertz CT molecular complexity index is 736. The van der Waals surface area contributed by atoms with Gasteiger partial charge in [-0.05, 0) is 49.8 Å². The van der Waals surface area contributed by atoms with Crippen molar-refractivity contribution in [3.63, 3.8) is 0 Å². The highest BCUT2D eigenvalue weighted by Crippen LogP contribution is 2.12. The van der Waals surface area contributed by atoms with Crippen LogP contribution in [0.4, 0.5) is 5.69 Å². The molecule has 0 aliphatic rings. The van der Waals surface area contributed by atoms with Crippen LogP contribution in [0.5, 0.6) is 0 Å². The van der Waals surface area contributed by atoms with Crippen molar-refractivity contribution in [1.29, 1.82) is 0 Å². The maximum atomic E-state index is 12.0. The molecule has 0 fully saturated rings. The van der Waals surface area contributed by atoms with E-state index in [1.807, 2.05) is 43.3 Å². The first-order valence-corrected chi connectivity index (χ1v) is 8.25. The van der Waals surface area contributed by atoms with Crippen molar-refractivity contribution >= 4 is 39.6 Å². The standard InChI is InChI=1S/C19H18BrNO3/c1-13-3-10-17(11-4-13)21-19(23)14(2)24-18(22)12-7-15-5-8-16(20)9-6-15/h3-12,14H,1-2H3,(H,21,23)/b12-7+/t14-/m0/s1. The second-order valence-corrected chi connectivity index (χ2v) is 6.23. The average Bonchev–Trinajstić information content (AvgIpc) is 2.56. The highest BCUT2D eigenvalue weighted by molar-refractivity contribution is 9.10. The van der Waals surface area contributed by atoms with Crippen LogP contribution >= 0.6 is 15.9 Å². The summed E-state index contributed by atoms with van der Waals surface area (Å²) in [5.74, 6) is -0.936. The van der Waals surface area contributed by atoms with E-state index in [0.717, 1.165) is 15.6 Å². The van der Waals surface area contributed by atoms with Crippen molar-refractivity contribution in [2.45, 2.75) is 20.0 Å². The predicted molar refractivity (Wildman–Crippen MR) is 98.5 cm³/mol. The van der Waals surface area contributed by atoms with E-state index in [4.69, 9.17) is 4.74 Å². The molecule has 0 aliphatic carbocycles. The lowest BCUT2D eigenvalue weighted by Crippen LogP contribution is -2.29. The van der Waals surface area contributed by atoms with E-state index in [0.29, 0.717) is 5.69 Å². The summed E-state index contributed by atoms with van der Waals surface area (Å²) in [7, 11) is 0. The largest absolute Gasteiger partial charge is 0.449 e. The third kappa shape index (κ3) is 5.66. The molecule has 0 heterocycles. The third-order valence-electron chi connectivity index (χ3n) is 3.26. The normalized spacial score (nSPS) is 12.0. The number of carbonyl (C=O) groups is 2. The molecule has 0 aliphatic heterocycles. The third-order valence-corrected chi connectivity index (χ3v) is 3.79. The molecule has 0 radical (unpaired) electrons. The minimum Gasteiger partial charge on any atom is -0.449 e. The van der Waals surface area contributed by atoms with E-state index < -0.39 is 12.1 Å². The number of hydrogen-bond donors (Lipinski definition) is 1. The zero-order valence-corrected chi connectivity index (χ0v) is 15.0. The summed E-state index contributed by atoms with van der Waals surface area (Å²) in [5, 5.41) is 2.71. The second-order valence-electron chi connectivity index (χ2n) is 5.32. The summed E-state index contributed by atoms with van der Waals surface area (Å²) in [6.45, 7) is 3.50. The molecule has 24 heavy (non-hydrogen) atoms. The van der Waals surface area contributed by atoms with E-state index in [9.17, 15) is 9.59 Å². The van der Waals surface area contributed by atoms with Crippen molar-refractivity contribution in [2.75, 3.05) is 5.32 Å². The fraction of sp³-hybridized carbons (Fsp3) is 0.158. The van der Waals surface area contributed by atoms with E-state index in [2.05, 4.69) is 21.2 Å². The number of ether oxygens (including phenoxy) is 1. The van der Waals surface area contributed by atoms with Gasteiger partial charge in [0.25, 0.3) is 5.91 Å². The molecular formula is C19H18BrNO3. The average molecular weight is 388 g/mol. The molecule has 2 rings (SSSR count). The molecule has 0 bridgehead atoms. The molecule has 5 heteroatoms. The van der Waals surface area contributed by atoms with Gasteiger partial charge in [-0.25, -0.2) is 4.79 Å². The van der Waals surface area contributed by atoms with E-state index >= 15 is 0 Å². The van der Waals surface area contributed by atoms with Crippen molar-refractivity contribution in [1.82, 2.24) is 0 Å². The van der Waals surface area contributed by atoms with Crippen LogP contribution < -0.4 is 5.32 Å². The molecule has 0 saturated heterocycles. The number of nitrogens with one attached hydrogen (secondary N) is 1. The molecule has 0 saturated carbocycles. The monoisotopic (exact) mass is 387 g/mol. The molecule has 0 unspecified atom stereocenters. The quantitative estimate of drug-likeness (QED) is 0.613. The molecule has 2 aromatic rings. The Labute approximate surface area is 149 Å². The summed E-state index contributed by atoms with van der Waals surface area (Å²) < 4.78 is 6.07. The Hall–Kier alpha value is -2.40. The smallest absolute Gasteiger partial charge is 0.331 e. The number of rotatable bonds is 5. The lowest BCUT2D eigenvalue weighted by atomic mass is 10.2. The number of esters is 1. The zero-order chi connectivity index (χ0) is 17.5. The first-order chi connectivity index (χ1) is 11.4. The number of anilines is 1. The number of amides is 1. The van der Waals surface area contributed by atoms with Gasteiger partial charge in [-0.1, -0.05) is 45.8 Å². The van der Waals surface area contributed by atoms with Gasteiger partial charge >= 0.3 is 5.97 Å². The molecule has 124 valence electrons. The second kappa shape index (κ2) is 8.45. The van der Waals surface area contributed by atoms with Gasteiger partial charge < -0.3 is 10.1 Å².